The number of benzene rings is 1. The number of amides is 1. The highest BCUT2D eigenvalue weighted by Crippen LogP contribution is 2.25. The highest BCUT2D eigenvalue weighted by molar-refractivity contribution is 7.98. The molecule has 1 saturated heterocycles. The second kappa shape index (κ2) is 7.22. The molecule has 0 spiro atoms. The van der Waals surface area contributed by atoms with E-state index < -0.39 is 24.9 Å². The Labute approximate surface area is 127 Å². The molecule has 3 nitrogen and oxygen atoms in total. The molecular formula is C15H20F2N2OS. The molecular weight excluding hydrogens is 294 g/mol. The summed E-state index contributed by atoms with van der Waals surface area (Å²) in [6.07, 6.45) is -0.407. The van der Waals surface area contributed by atoms with Crippen LogP contribution >= 0.6 is 11.8 Å². The van der Waals surface area contributed by atoms with E-state index in [0.717, 1.165) is 11.5 Å². The van der Waals surface area contributed by atoms with Crippen molar-refractivity contribution < 1.29 is 13.6 Å². The van der Waals surface area contributed by atoms with Crippen molar-refractivity contribution in [2.24, 2.45) is 0 Å². The second-order valence-electron chi connectivity index (χ2n) is 5.32. The van der Waals surface area contributed by atoms with E-state index in [-0.39, 0.29) is 5.91 Å². The Kier molecular flexibility index (Phi) is 5.58. The first-order valence-electron chi connectivity index (χ1n) is 6.98. The summed E-state index contributed by atoms with van der Waals surface area (Å²) in [5.41, 5.74) is 2.48. The van der Waals surface area contributed by atoms with E-state index in [0.29, 0.717) is 6.54 Å². The number of thioether (sulfide) groups is 1. The summed E-state index contributed by atoms with van der Waals surface area (Å²) in [6.45, 7) is 2.14. The summed E-state index contributed by atoms with van der Waals surface area (Å²) in [5, 5.41) is 5.25. The van der Waals surface area contributed by atoms with Crippen molar-refractivity contribution in [1.29, 1.82) is 0 Å². The molecule has 1 atom stereocenters. The van der Waals surface area contributed by atoms with Crippen LogP contribution in [0.2, 0.25) is 0 Å². The summed E-state index contributed by atoms with van der Waals surface area (Å²) in [4.78, 5) is 11.7. The summed E-state index contributed by atoms with van der Waals surface area (Å²) in [5.74, 6) is -1.44. The molecule has 1 aromatic rings. The minimum atomic E-state index is -2.76. The summed E-state index contributed by atoms with van der Waals surface area (Å²) >= 11 is 1.71. The van der Waals surface area contributed by atoms with Crippen LogP contribution in [0, 0.1) is 6.92 Å². The van der Waals surface area contributed by atoms with Crippen LogP contribution in [-0.2, 0) is 10.5 Å². The highest BCUT2D eigenvalue weighted by atomic mass is 32.2. The Balaban J connectivity index is 1.59. The Morgan fingerprint density at radius 2 is 2.14 bits per heavy atom. The lowest BCUT2D eigenvalue weighted by Crippen LogP contribution is -2.41. The molecule has 6 heteroatoms. The van der Waals surface area contributed by atoms with Gasteiger partial charge in [0.15, 0.2) is 0 Å². The highest BCUT2D eigenvalue weighted by Gasteiger charge is 2.42. The lowest BCUT2D eigenvalue weighted by atomic mass is 10.2. The first kappa shape index (κ1) is 16.2. The smallest absolute Gasteiger partial charge is 0.262 e. The molecule has 0 radical (unpaired) electrons. The van der Waals surface area contributed by atoms with Crippen LogP contribution in [0.3, 0.4) is 0 Å². The maximum atomic E-state index is 13.0. The maximum Gasteiger partial charge on any atom is 0.262 e. The summed E-state index contributed by atoms with van der Waals surface area (Å²) in [7, 11) is 0. The van der Waals surface area contributed by atoms with E-state index in [1.807, 2.05) is 6.92 Å². The molecule has 1 aliphatic heterocycles. The van der Waals surface area contributed by atoms with Gasteiger partial charge in [0.2, 0.25) is 5.91 Å². The standard InChI is InChI=1S/C15H20F2N2OS/c1-11-2-4-12(5-3-11)9-21-7-6-18-14(20)13-8-15(16,17)10-19-13/h2-5,13,19H,6-10H2,1H3,(H,18,20). The Morgan fingerprint density at radius 1 is 1.43 bits per heavy atom. The molecule has 21 heavy (non-hydrogen) atoms. The van der Waals surface area contributed by atoms with E-state index in [1.165, 1.54) is 11.1 Å². The number of hydrogen-bond donors (Lipinski definition) is 2. The molecule has 1 heterocycles. The largest absolute Gasteiger partial charge is 0.354 e. The molecule has 0 aliphatic carbocycles. The first-order valence-corrected chi connectivity index (χ1v) is 8.14. The van der Waals surface area contributed by atoms with Gasteiger partial charge in [0.05, 0.1) is 12.6 Å². The summed E-state index contributed by atoms with van der Waals surface area (Å²) < 4.78 is 25.9. The Morgan fingerprint density at radius 3 is 2.76 bits per heavy atom. The number of hydrogen-bond acceptors (Lipinski definition) is 3. The van der Waals surface area contributed by atoms with Crippen molar-refractivity contribution in [2.75, 3.05) is 18.8 Å². The third kappa shape index (κ3) is 5.28. The molecule has 1 aliphatic rings. The molecule has 0 bridgehead atoms. The van der Waals surface area contributed by atoms with Gasteiger partial charge < -0.3 is 5.32 Å². The van der Waals surface area contributed by atoms with Gasteiger partial charge in [-0.2, -0.15) is 11.8 Å². The van der Waals surface area contributed by atoms with Crippen molar-refractivity contribution in [1.82, 2.24) is 10.6 Å². The average Bonchev–Trinajstić information content (AvgIpc) is 2.81. The van der Waals surface area contributed by atoms with Crippen LogP contribution in [0.25, 0.3) is 0 Å². The third-order valence-electron chi connectivity index (χ3n) is 3.36. The van der Waals surface area contributed by atoms with E-state index in [9.17, 15) is 13.6 Å². The number of aryl methyl sites for hydroxylation is 1. The van der Waals surface area contributed by atoms with Crippen LogP contribution < -0.4 is 10.6 Å². The topological polar surface area (TPSA) is 41.1 Å². The lowest BCUT2D eigenvalue weighted by Gasteiger charge is -2.11. The molecule has 1 unspecified atom stereocenters. The number of carbonyl (C=O) groups is 1. The number of rotatable bonds is 6. The van der Waals surface area contributed by atoms with Crippen molar-refractivity contribution in [3.05, 3.63) is 35.4 Å². The van der Waals surface area contributed by atoms with Crippen LogP contribution in [0.4, 0.5) is 8.78 Å². The number of carbonyl (C=O) groups excluding carboxylic acids is 1. The minimum Gasteiger partial charge on any atom is -0.354 e. The molecule has 2 N–H and O–H groups in total. The zero-order chi connectivity index (χ0) is 15.3. The van der Waals surface area contributed by atoms with Gasteiger partial charge in [0.25, 0.3) is 5.92 Å². The third-order valence-corrected chi connectivity index (χ3v) is 4.39. The zero-order valence-electron chi connectivity index (χ0n) is 12.0. The molecule has 0 saturated carbocycles. The molecule has 1 amide bonds. The van der Waals surface area contributed by atoms with E-state index in [2.05, 4.69) is 34.9 Å². The SMILES string of the molecule is Cc1ccc(CSCCNC(=O)C2CC(F)(F)CN2)cc1. The van der Waals surface area contributed by atoms with Crippen molar-refractivity contribution in [2.45, 2.75) is 31.1 Å². The van der Waals surface area contributed by atoms with Crippen molar-refractivity contribution in [3.8, 4) is 0 Å². The fourth-order valence-corrected chi connectivity index (χ4v) is 2.96. The normalized spacial score (nSPS) is 20.4. The monoisotopic (exact) mass is 314 g/mol. The van der Waals surface area contributed by atoms with E-state index in [4.69, 9.17) is 0 Å². The van der Waals surface area contributed by atoms with Crippen LogP contribution in [0.5, 0.6) is 0 Å². The van der Waals surface area contributed by atoms with Gasteiger partial charge in [-0.05, 0) is 12.5 Å². The van der Waals surface area contributed by atoms with Gasteiger partial charge in [-0.15, -0.1) is 0 Å². The predicted octanol–water partition coefficient (Wildman–Crippen LogP) is 2.34. The van der Waals surface area contributed by atoms with E-state index in [1.54, 1.807) is 11.8 Å². The molecule has 2 rings (SSSR count). The van der Waals surface area contributed by atoms with Crippen molar-refractivity contribution >= 4 is 17.7 Å². The minimum absolute atomic E-state index is 0.330. The molecule has 0 aromatic heterocycles. The maximum absolute atomic E-state index is 13.0. The number of nitrogens with one attached hydrogen (secondary N) is 2. The van der Waals surface area contributed by atoms with Gasteiger partial charge in [-0.1, -0.05) is 29.8 Å². The van der Waals surface area contributed by atoms with Gasteiger partial charge in [0.1, 0.15) is 0 Å². The quantitative estimate of drug-likeness (QED) is 0.792. The van der Waals surface area contributed by atoms with Gasteiger partial charge in [-0.25, -0.2) is 8.78 Å². The van der Waals surface area contributed by atoms with Crippen molar-refractivity contribution in [3.63, 3.8) is 0 Å². The fraction of sp³-hybridized carbons (Fsp3) is 0.533. The van der Waals surface area contributed by atoms with Crippen LogP contribution in [0.1, 0.15) is 17.5 Å². The molecule has 1 fully saturated rings. The van der Waals surface area contributed by atoms with Gasteiger partial charge in [0, 0.05) is 24.5 Å². The average molecular weight is 314 g/mol. The fourth-order valence-electron chi connectivity index (χ4n) is 2.14. The first-order chi connectivity index (χ1) is 9.96. The van der Waals surface area contributed by atoms with Gasteiger partial charge in [-0.3, -0.25) is 10.1 Å². The zero-order valence-corrected chi connectivity index (χ0v) is 12.8. The Hall–Kier alpha value is -1.14. The van der Waals surface area contributed by atoms with Crippen LogP contribution in [0.15, 0.2) is 24.3 Å². The summed E-state index contributed by atoms with van der Waals surface area (Å²) in [6, 6.07) is 7.56. The number of alkyl halides is 2. The van der Waals surface area contributed by atoms with E-state index >= 15 is 0 Å². The predicted molar refractivity (Wildman–Crippen MR) is 81.7 cm³/mol. The number of halogens is 2. The van der Waals surface area contributed by atoms with Gasteiger partial charge >= 0.3 is 0 Å². The Bertz CT molecular complexity index is 479. The lowest BCUT2D eigenvalue weighted by molar-refractivity contribution is -0.123. The second-order valence-corrected chi connectivity index (χ2v) is 6.43. The molecule has 1 aromatic carbocycles. The van der Waals surface area contributed by atoms with Crippen LogP contribution in [-0.4, -0.2) is 36.7 Å². The molecule has 116 valence electrons.